The van der Waals surface area contributed by atoms with Crippen LogP contribution >= 0.6 is 0 Å². The highest BCUT2D eigenvalue weighted by Crippen LogP contribution is 2.17. The Hall–Kier alpha value is -2.70. The summed E-state index contributed by atoms with van der Waals surface area (Å²) in [5, 5.41) is 23.8. The number of carbonyl (C=O) groups is 2. The molecule has 1 amide bonds. The van der Waals surface area contributed by atoms with Crippen molar-refractivity contribution in [2.75, 3.05) is 6.61 Å². The van der Waals surface area contributed by atoms with E-state index in [0.29, 0.717) is 19.3 Å². The van der Waals surface area contributed by atoms with E-state index in [2.05, 4.69) is 86.8 Å². The Morgan fingerprint density at radius 1 is 0.477 bits per heavy atom. The van der Waals surface area contributed by atoms with Crippen LogP contribution in [0.2, 0.25) is 0 Å². The minimum atomic E-state index is -0.817. The molecule has 6 nitrogen and oxygen atoms in total. The molecule has 3 atom stereocenters. The van der Waals surface area contributed by atoms with Gasteiger partial charge in [-0.15, -0.1) is 0 Å². The molecule has 0 spiro atoms. The van der Waals surface area contributed by atoms with E-state index < -0.39 is 18.2 Å². The normalized spacial score (nSPS) is 13.7. The van der Waals surface area contributed by atoms with E-state index >= 15 is 0 Å². The molecule has 376 valence electrons. The summed E-state index contributed by atoms with van der Waals surface area (Å²) in [4.78, 5) is 26.2. The van der Waals surface area contributed by atoms with Gasteiger partial charge in [0.25, 0.3) is 0 Å². The third kappa shape index (κ3) is 47.6. The van der Waals surface area contributed by atoms with E-state index in [9.17, 15) is 19.8 Å². The number of aliphatic hydroxyl groups is 2. The number of hydrogen-bond acceptors (Lipinski definition) is 5. The van der Waals surface area contributed by atoms with Crippen molar-refractivity contribution in [1.29, 1.82) is 0 Å². The van der Waals surface area contributed by atoms with E-state index in [1.165, 1.54) is 135 Å². The van der Waals surface area contributed by atoms with E-state index in [0.717, 1.165) is 83.5 Å². The molecule has 0 fully saturated rings. The Labute approximate surface area is 402 Å². The van der Waals surface area contributed by atoms with Crippen LogP contribution in [0.1, 0.15) is 265 Å². The fourth-order valence-corrected chi connectivity index (χ4v) is 8.10. The molecule has 0 aromatic heterocycles. The number of esters is 1. The first-order valence-electron chi connectivity index (χ1n) is 27.7. The molecule has 0 saturated carbocycles. The Morgan fingerprint density at radius 2 is 0.862 bits per heavy atom. The van der Waals surface area contributed by atoms with Crippen molar-refractivity contribution in [3.8, 4) is 0 Å². The van der Waals surface area contributed by atoms with E-state index in [1.807, 2.05) is 12.2 Å². The number of aliphatic hydroxyl groups excluding tert-OH is 2. The van der Waals surface area contributed by atoms with Crippen LogP contribution in [-0.2, 0) is 14.3 Å². The predicted molar refractivity (Wildman–Crippen MR) is 282 cm³/mol. The molecule has 3 N–H and O–H groups in total. The number of unbranched alkanes of at least 4 members (excludes halogenated alkanes) is 26. The number of rotatable bonds is 49. The van der Waals surface area contributed by atoms with Crippen LogP contribution in [0.3, 0.4) is 0 Å². The summed E-state index contributed by atoms with van der Waals surface area (Å²) in [5.41, 5.74) is 0. The number of hydrogen-bond donors (Lipinski definition) is 3. The second kappa shape index (κ2) is 52.3. The quantitative estimate of drug-likeness (QED) is 0.0321. The van der Waals surface area contributed by atoms with Gasteiger partial charge >= 0.3 is 5.97 Å². The van der Waals surface area contributed by atoms with Crippen LogP contribution < -0.4 is 5.32 Å². The topological polar surface area (TPSA) is 95.9 Å². The highest BCUT2D eigenvalue weighted by atomic mass is 16.5. The van der Waals surface area contributed by atoms with Crippen LogP contribution in [0.5, 0.6) is 0 Å². The van der Waals surface area contributed by atoms with E-state index in [-0.39, 0.29) is 24.9 Å². The SMILES string of the molecule is CC/C=C\C/C=C\C/C=C\C/C=C\C/C=C\CC(CC(=O)NC(CO)C(O)CCCCCCCCCCCCCCCCCCC)OC(=O)CCCCC/C=C\CCCCCCCCC. The van der Waals surface area contributed by atoms with Crippen molar-refractivity contribution in [3.63, 3.8) is 0 Å². The fraction of sp³-hybridized carbons (Fsp3) is 0.763. The molecule has 0 rings (SSSR count). The summed E-state index contributed by atoms with van der Waals surface area (Å²) in [7, 11) is 0. The maximum absolute atomic E-state index is 13.2. The standard InChI is InChI=1S/C59H105NO5/c1-4-7-10-13-16-19-22-25-28-29-31-33-36-39-42-45-48-51-57(62)56(54-61)60-58(63)53-55(50-47-44-41-38-35-32-30-26-23-20-17-14-11-8-5-2)65-59(64)52-49-46-43-40-37-34-27-24-21-18-15-12-9-6-3/h8,11,17,20,26,30,34-35,37-38,44,47,55-57,61-62H,4-7,9-10,12-16,18-19,21-25,27-29,31-33,36,39-43,45-46,48-54H2,1-3H3,(H,60,63)/b11-8-,20-17-,30-26-,37-34-,38-35-,47-44-. The third-order valence-corrected chi connectivity index (χ3v) is 12.3. The molecule has 0 aliphatic carbocycles. The van der Waals surface area contributed by atoms with E-state index in [1.54, 1.807) is 0 Å². The summed E-state index contributed by atoms with van der Waals surface area (Å²) >= 11 is 0. The molecule has 0 radical (unpaired) electrons. The zero-order valence-corrected chi connectivity index (χ0v) is 42.9. The van der Waals surface area contributed by atoms with Gasteiger partial charge in [-0.3, -0.25) is 9.59 Å². The Balaban J connectivity index is 4.67. The van der Waals surface area contributed by atoms with Gasteiger partial charge in [-0.2, -0.15) is 0 Å². The van der Waals surface area contributed by atoms with Gasteiger partial charge in [-0.25, -0.2) is 0 Å². The van der Waals surface area contributed by atoms with Gasteiger partial charge in [0.05, 0.1) is 25.2 Å². The number of nitrogens with one attached hydrogen (secondary N) is 1. The highest BCUT2D eigenvalue weighted by molar-refractivity contribution is 5.77. The molecule has 0 aliphatic rings. The van der Waals surface area contributed by atoms with Crippen molar-refractivity contribution >= 4 is 11.9 Å². The molecular formula is C59H105NO5. The van der Waals surface area contributed by atoms with Crippen molar-refractivity contribution in [2.45, 2.75) is 283 Å². The molecule has 6 heteroatoms. The van der Waals surface area contributed by atoms with Crippen LogP contribution in [0.15, 0.2) is 72.9 Å². The second-order valence-electron chi connectivity index (χ2n) is 18.6. The van der Waals surface area contributed by atoms with Gasteiger partial charge in [0, 0.05) is 12.8 Å². The Kier molecular flexibility index (Phi) is 50.1. The van der Waals surface area contributed by atoms with Gasteiger partial charge in [0.1, 0.15) is 6.10 Å². The maximum atomic E-state index is 13.2. The molecule has 65 heavy (non-hydrogen) atoms. The summed E-state index contributed by atoms with van der Waals surface area (Å²) in [5.74, 6) is -0.596. The maximum Gasteiger partial charge on any atom is 0.306 e. The average Bonchev–Trinajstić information content (AvgIpc) is 3.30. The summed E-state index contributed by atoms with van der Waals surface area (Å²) < 4.78 is 5.87. The van der Waals surface area contributed by atoms with Gasteiger partial charge in [-0.1, -0.05) is 248 Å². The van der Waals surface area contributed by atoms with Gasteiger partial charge in [0.15, 0.2) is 0 Å². The zero-order chi connectivity index (χ0) is 47.4. The lowest BCUT2D eigenvalue weighted by atomic mass is 10.0. The largest absolute Gasteiger partial charge is 0.461 e. The number of carbonyl (C=O) groups excluding carboxylic acids is 2. The van der Waals surface area contributed by atoms with Crippen molar-refractivity contribution in [1.82, 2.24) is 5.32 Å². The van der Waals surface area contributed by atoms with Crippen LogP contribution in [-0.4, -0.2) is 46.9 Å². The fourth-order valence-electron chi connectivity index (χ4n) is 8.10. The molecule has 0 aromatic carbocycles. The first kappa shape index (κ1) is 62.3. The van der Waals surface area contributed by atoms with Crippen molar-refractivity contribution < 1.29 is 24.5 Å². The predicted octanol–water partition coefficient (Wildman–Crippen LogP) is 17.0. The molecular weight excluding hydrogens is 803 g/mol. The number of allylic oxidation sites excluding steroid dienone is 11. The van der Waals surface area contributed by atoms with E-state index in [4.69, 9.17) is 4.74 Å². The van der Waals surface area contributed by atoms with Crippen molar-refractivity contribution in [3.05, 3.63) is 72.9 Å². The summed E-state index contributed by atoms with van der Waals surface area (Å²) in [6, 6.07) is -0.738. The van der Waals surface area contributed by atoms with Crippen LogP contribution in [0.4, 0.5) is 0 Å². The average molecular weight is 908 g/mol. The zero-order valence-electron chi connectivity index (χ0n) is 42.9. The Morgan fingerprint density at radius 3 is 1.29 bits per heavy atom. The van der Waals surface area contributed by atoms with Crippen LogP contribution in [0, 0.1) is 0 Å². The summed E-state index contributed by atoms with van der Waals surface area (Å²) in [6.45, 7) is 6.35. The minimum absolute atomic E-state index is 0.00800. The first-order valence-corrected chi connectivity index (χ1v) is 27.7. The highest BCUT2D eigenvalue weighted by Gasteiger charge is 2.23. The molecule has 3 unspecified atom stereocenters. The molecule has 0 aliphatic heterocycles. The molecule has 0 aromatic rings. The molecule has 0 saturated heterocycles. The number of amides is 1. The smallest absolute Gasteiger partial charge is 0.306 e. The summed E-state index contributed by atoms with van der Waals surface area (Å²) in [6.07, 6.45) is 67.0. The first-order chi connectivity index (χ1) is 32.0. The lowest BCUT2D eigenvalue weighted by Crippen LogP contribution is -2.46. The molecule has 0 heterocycles. The van der Waals surface area contributed by atoms with Gasteiger partial charge in [-0.05, 0) is 70.6 Å². The lowest BCUT2D eigenvalue weighted by Gasteiger charge is -2.24. The second-order valence-corrected chi connectivity index (χ2v) is 18.6. The van der Waals surface area contributed by atoms with Gasteiger partial charge in [0.2, 0.25) is 5.91 Å². The monoisotopic (exact) mass is 908 g/mol. The van der Waals surface area contributed by atoms with Crippen LogP contribution in [0.25, 0.3) is 0 Å². The van der Waals surface area contributed by atoms with Gasteiger partial charge < -0.3 is 20.3 Å². The Bertz CT molecular complexity index is 1200. The minimum Gasteiger partial charge on any atom is -0.461 e. The lowest BCUT2D eigenvalue weighted by molar-refractivity contribution is -0.150. The number of ether oxygens (including phenoxy) is 1. The van der Waals surface area contributed by atoms with Crippen molar-refractivity contribution in [2.24, 2.45) is 0 Å². The molecule has 0 bridgehead atoms. The third-order valence-electron chi connectivity index (χ3n) is 12.3.